The number of amides is 1. The molecule has 2 aromatic carbocycles. The molecule has 0 unspecified atom stereocenters. The monoisotopic (exact) mass is 416 g/mol. The summed E-state index contributed by atoms with van der Waals surface area (Å²) in [5.74, 6) is -0.142. The van der Waals surface area contributed by atoms with Gasteiger partial charge in [-0.3, -0.25) is 25.0 Å². The van der Waals surface area contributed by atoms with E-state index >= 15 is 0 Å². The summed E-state index contributed by atoms with van der Waals surface area (Å²) >= 11 is 0. The van der Waals surface area contributed by atoms with Gasteiger partial charge in [-0.15, -0.1) is 0 Å². The van der Waals surface area contributed by atoms with Gasteiger partial charge in [0.05, 0.1) is 30.1 Å². The van der Waals surface area contributed by atoms with E-state index in [1.54, 1.807) is 18.2 Å². The van der Waals surface area contributed by atoms with Crippen molar-refractivity contribution in [3.8, 4) is 11.5 Å². The van der Waals surface area contributed by atoms with Gasteiger partial charge in [-0.2, -0.15) is 0 Å². The standard InChI is InChI=1S/C19H20N4O7/c1-29-17-11-13(16(23(27)28)12-18(17)30-2)19(24)21-9-7-20(8-10-21)14-5-3-4-6-15(14)22(25)26/h3-6,11-12H,7-10H2,1-2H3. The van der Waals surface area contributed by atoms with Gasteiger partial charge in [0.1, 0.15) is 11.3 Å². The predicted molar refractivity (Wildman–Crippen MR) is 107 cm³/mol. The zero-order valence-electron chi connectivity index (χ0n) is 16.4. The summed E-state index contributed by atoms with van der Waals surface area (Å²) in [5.41, 5.74) is -0.00456. The Hall–Kier alpha value is -3.89. The number of hydrogen-bond acceptors (Lipinski definition) is 8. The van der Waals surface area contributed by atoms with Crippen LogP contribution >= 0.6 is 0 Å². The van der Waals surface area contributed by atoms with Crippen LogP contribution in [0.2, 0.25) is 0 Å². The van der Waals surface area contributed by atoms with Gasteiger partial charge in [-0.1, -0.05) is 12.1 Å². The molecule has 30 heavy (non-hydrogen) atoms. The van der Waals surface area contributed by atoms with Crippen LogP contribution in [0.4, 0.5) is 17.1 Å². The summed E-state index contributed by atoms with van der Waals surface area (Å²) in [4.78, 5) is 38.0. The molecule has 0 bridgehead atoms. The summed E-state index contributed by atoms with van der Waals surface area (Å²) in [6.45, 7) is 1.24. The van der Waals surface area contributed by atoms with Gasteiger partial charge < -0.3 is 19.3 Å². The Morgan fingerprint density at radius 3 is 2.03 bits per heavy atom. The summed E-state index contributed by atoms with van der Waals surface area (Å²) in [6.07, 6.45) is 0. The molecule has 1 aliphatic rings. The van der Waals surface area contributed by atoms with Crippen molar-refractivity contribution in [2.24, 2.45) is 0 Å². The largest absolute Gasteiger partial charge is 0.493 e. The lowest BCUT2D eigenvalue weighted by Crippen LogP contribution is -2.49. The van der Waals surface area contributed by atoms with Crippen LogP contribution in [0.5, 0.6) is 11.5 Å². The quantitative estimate of drug-likeness (QED) is 0.519. The molecule has 0 spiro atoms. The second-order valence-electron chi connectivity index (χ2n) is 6.51. The van der Waals surface area contributed by atoms with Gasteiger partial charge in [-0.25, -0.2) is 0 Å². The van der Waals surface area contributed by atoms with Crippen molar-refractivity contribution in [3.63, 3.8) is 0 Å². The molecule has 2 aromatic rings. The highest BCUT2D eigenvalue weighted by Crippen LogP contribution is 2.35. The first-order valence-corrected chi connectivity index (χ1v) is 9.05. The molecule has 0 aromatic heterocycles. The fourth-order valence-electron chi connectivity index (χ4n) is 3.40. The Balaban J connectivity index is 1.82. The van der Waals surface area contributed by atoms with Crippen molar-refractivity contribution < 1.29 is 24.1 Å². The Morgan fingerprint density at radius 2 is 1.47 bits per heavy atom. The molecule has 1 amide bonds. The van der Waals surface area contributed by atoms with Crippen LogP contribution in [-0.2, 0) is 0 Å². The fourth-order valence-corrected chi connectivity index (χ4v) is 3.40. The maximum absolute atomic E-state index is 13.0. The van der Waals surface area contributed by atoms with Crippen LogP contribution in [0.1, 0.15) is 10.4 Å². The number of nitrogens with zero attached hydrogens (tertiary/aromatic N) is 4. The molecule has 0 atom stereocenters. The van der Waals surface area contributed by atoms with Gasteiger partial charge in [0.25, 0.3) is 17.3 Å². The predicted octanol–water partition coefficient (Wildman–Crippen LogP) is 2.48. The Kier molecular flexibility index (Phi) is 6.00. The van der Waals surface area contributed by atoms with E-state index in [0.717, 1.165) is 6.07 Å². The average molecular weight is 416 g/mol. The lowest BCUT2D eigenvalue weighted by molar-refractivity contribution is -0.385. The Morgan fingerprint density at radius 1 is 0.900 bits per heavy atom. The van der Waals surface area contributed by atoms with E-state index in [9.17, 15) is 25.0 Å². The van der Waals surface area contributed by atoms with Gasteiger partial charge in [0, 0.05) is 38.3 Å². The first kappa shape index (κ1) is 20.8. The molecule has 158 valence electrons. The van der Waals surface area contributed by atoms with E-state index in [-0.39, 0.29) is 41.5 Å². The number of hydrogen-bond donors (Lipinski definition) is 0. The highest BCUT2D eigenvalue weighted by molar-refractivity contribution is 5.99. The van der Waals surface area contributed by atoms with Crippen molar-refractivity contribution in [2.45, 2.75) is 0 Å². The van der Waals surface area contributed by atoms with Crippen LogP contribution in [0.15, 0.2) is 36.4 Å². The number of nitro groups is 2. The third-order valence-electron chi connectivity index (χ3n) is 4.91. The lowest BCUT2D eigenvalue weighted by Gasteiger charge is -2.35. The number of piperazine rings is 1. The van der Waals surface area contributed by atoms with Crippen molar-refractivity contribution in [3.05, 3.63) is 62.2 Å². The number of methoxy groups -OCH3 is 2. The average Bonchev–Trinajstić information content (AvgIpc) is 2.77. The summed E-state index contributed by atoms with van der Waals surface area (Å²) in [5, 5.41) is 22.7. The lowest BCUT2D eigenvalue weighted by atomic mass is 10.1. The maximum Gasteiger partial charge on any atom is 0.292 e. The van der Waals surface area contributed by atoms with Crippen molar-refractivity contribution in [2.75, 3.05) is 45.3 Å². The van der Waals surface area contributed by atoms with Crippen LogP contribution in [0.25, 0.3) is 0 Å². The summed E-state index contributed by atoms with van der Waals surface area (Å²) < 4.78 is 10.3. The van der Waals surface area contributed by atoms with Crippen LogP contribution < -0.4 is 14.4 Å². The van der Waals surface area contributed by atoms with Gasteiger partial charge >= 0.3 is 0 Å². The number of ether oxygens (including phenoxy) is 2. The smallest absolute Gasteiger partial charge is 0.292 e. The molecule has 1 aliphatic heterocycles. The first-order chi connectivity index (χ1) is 14.4. The van der Waals surface area contributed by atoms with Crippen molar-refractivity contribution in [1.82, 2.24) is 4.90 Å². The highest BCUT2D eigenvalue weighted by atomic mass is 16.6. The molecule has 0 saturated carbocycles. The molecule has 11 heteroatoms. The Bertz CT molecular complexity index is 987. The molecule has 1 saturated heterocycles. The molecule has 3 rings (SSSR count). The van der Waals surface area contributed by atoms with Gasteiger partial charge in [0.15, 0.2) is 11.5 Å². The number of para-hydroxylation sites is 2. The summed E-state index contributed by atoms with van der Waals surface area (Å²) in [7, 11) is 2.73. The molecule has 11 nitrogen and oxygen atoms in total. The van der Waals surface area contributed by atoms with Gasteiger partial charge in [-0.05, 0) is 6.07 Å². The second-order valence-corrected chi connectivity index (χ2v) is 6.51. The number of anilines is 1. The second kappa shape index (κ2) is 8.64. The normalized spacial score (nSPS) is 13.7. The molecule has 1 heterocycles. The van der Waals surface area contributed by atoms with Crippen molar-refractivity contribution in [1.29, 1.82) is 0 Å². The maximum atomic E-state index is 13.0. The van der Waals surface area contributed by atoms with Gasteiger partial charge in [0.2, 0.25) is 0 Å². The SMILES string of the molecule is COc1cc(C(=O)N2CCN(c3ccccc3[N+](=O)[O-])CC2)c([N+](=O)[O-])cc1OC. The van der Waals surface area contributed by atoms with E-state index in [2.05, 4.69) is 0 Å². The van der Waals surface area contributed by atoms with Crippen molar-refractivity contribution >= 4 is 23.0 Å². The highest BCUT2D eigenvalue weighted by Gasteiger charge is 2.31. The third-order valence-corrected chi connectivity index (χ3v) is 4.91. The third kappa shape index (κ3) is 3.95. The molecule has 0 N–H and O–H groups in total. The molecule has 0 radical (unpaired) electrons. The number of rotatable bonds is 6. The minimum absolute atomic E-state index is 0.00666. The first-order valence-electron chi connectivity index (χ1n) is 9.05. The number of carbonyl (C=O) groups is 1. The number of carbonyl (C=O) groups excluding carboxylic acids is 1. The zero-order chi connectivity index (χ0) is 21.8. The van der Waals surface area contributed by atoms with Crippen LogP contribution in [0.3, 0.4) is 0 Å². The molecular formula is C19H20N4O7. The fraction of sp³-hybridized carbons (Fsp3) is 0.316. The number of benzene rings is 2. The van der Waals surface area contributed by atoms with E-state index in [0.29, 0.717) is 18.8 Å². The molecule has 1 fully saturated rings. The molecular weight excluding hydrogens is 396 g/mol. The van der Waals surface area contributed by atoms with E-state index < -0.39 is 15.8 Å². The molecule has 0 aliphatic carbocycles. The van der Waals surface area contributed by atoms with E-state index in [1.807, 2.05) is 4.90 Å². The Labute approximate surface area is 171 Å². The minimum atomic E-state index is -0.640. The topological polar surface area (TPSA) is 128 Å². The van der Waals surface area contributed by atoms with E-state index in [4.69, 9.17) is 9.47 Å². The summed E-state index contributed by atoms with van der Waals surface area (Å²) in [6, 6.07) is 8.86. The zero-order valence-corrected chi connectivity index (χ0v) is 16.4. The van der Waals surface area contributed by atoms with Crippen LogP contribution in [0, 0.1) is 20.2 Å². The minimum Gasteiger partial charge on any atom is -0.493 e. The number of nitro benzene ring substituents is 2. The van der Waals surface area contributed by atoms with Crippen LogP contribution in [-0.4, -0.2) is 61.1 Å². The van der Waals surface area contributed by atoms with E-state index in [1.165, 1.54) is 31.3 Å².